The zero-order valence-electron chi connectivity index (χ0n) is 8.33. The number of esters is 1. The van der Waals surface area contributed by atoms with Crippen LogP contribution in [0.25, 0.3) is 0 Å². The summed E-state index contributed by atoms with van der Waals surface area (Å²) < 4.78 is 9.77. The Morgan fingerprint density at radius 1 is 1.31 bits per heavy atom. The van der Waals surface area contributed by atoms with E-state index >= 15 is 0 Å². The van der Waals surface area contributed by atoms with Gasteiger partial charge in [0, 0.05) is 20.5 Å². The molecule has 76 valence electrons. The first-order chi connectivity index (χ1) is 6.06. The van der Waals surface area contributed by atoms with Crippen molar-refractivity contribution in [1.29, 1.82) is 0 Å². The van der Waals surface area contributed by atoms with Gasteiger partial charge in [0.2, 0.25) is 0 Å². The molecule has 13 heavy (non-hydrogen) atoms. The van der Waals surface area contributed by atoms with Gasteiger partial charge < -0.3 is 14.3 Å². The highest BCUT2D eigenvalue weighted by Crippen LogP contribution is 2.04. The Labute approximate surface area is 78.2 Å². The summed E-state index contributed by atoms with van der Waals surface area (Å²) in [5, 5.41) is 0. The van der Waals surface area contributed by atoms with Crippen molar-refractivity contribution in [3.05, 3.63) is 0 Å². The molecule has 0 radical (unpaired) electrons. The van der Waals surface area contributed by atoms with Crippen LogP contribution in [-0.4, -0.2) is 31.6 Å². The van der Waals surface area contributed by atoms with Gasteiger partial charge in [-0.15, -0.1) is 0 Å². The molecular formula is C9H16O4. The quantitative estimate of drug-likeness (QED) is 0.582. The van der Waals surface area contributed by atoms with E-state index in [-0.39, 0.29) is 17.9 Å². The first kappa shape index (κ1) is 12.1. The van der Waals surface area contributed by atoms with Gasteiger partial charge in [0.1, 0.15) is 11.9 Å². The molecule has 1 atom stereocenters. The topological polar surface area (TPSA) is 52.6 Å². The average molecular weight is 188 g/mol. The van der Waals surface area contributed by atoms with Gasteiger partial charge >= 0.3 is 5.97 Å². The highest BCUT2D eigenvalue weighted by molar-refractivity contribution is 5.75. The van der Waals surface area contributed by atoms with Crippen LogP contribution in [0.5, 0.6) is 0 Å². The SMILES string of the molecule is COCC(CCC(C)=O)OC(C)=O. The van der Waals surface area contributed by atoms with Crippen LogP contribution in [0.1, 0.15) is 26.7 Å². The summed E-state index contributed by atoms with van der Waals surface area (Å²) in [6.45, 7) is 3.20. The Kier molecular flexibility index (Phi) is 6.14. The van der Waals surface area contributed by atoms with Crippen molar-refractivity contribution in [2.75, 3.05) is 13.7 Å². The first-order valence-corrected chi connectivity index (χ1v) is 4.22. The predicted octanol–water partition coefficient (Wildman–Crippen LogP) is 0.934. The van der Waals surface area contributed by atoms with E-state index in [4.69, 9.17) is 9.47 Å². The molecule has 0 aromatic carbocycles. The maximum absolute atomic E-state index is 10.7. The minimum atomic E-state index is -0.342. The molecule has 4 nitrogen and oxygen atoms in total. The molecule has 0 aliphatic rings. The van der Waals surface area contributed by atoms with Crippen molar-refractivity contribution >= 4 is 11.8 Å². The normalized spacial score (nSPS) is 12.2. The van der Waals surface area contributed by atoms with E-state index in [1.807, 2.05) is 0 Å². The maximum atomic E-state index is 10.7. The molecule has 0 bridgehead atoms. The highest BCUT2D eigenvalue weighted by Gasteiger charge is 2.12. The highest BCUT2D eigenvalue weighted by atomic mass is 16.6. The second-order valence-corrected chi connectivity index (χ2v) is 2.93. The third kappa shape index (κ3) is 7.46. The Morgan fingerprint density at radius 2 is 1.92 bits per heavy atom. The second kappa shape index (κ2) is 6.60. The molecule has 0 N–H and O–H groups in total. The Morgan fingerprint density at radius 3 is 2.31 bits per heavy atom. The summed E-state index contributed by atoms with van der Waals surface area (Å²) in [6.07, 6.45) is 0.649. The number of hydrogen-bond donors (Lipinski definition) is 0. The molecule has 0 saturated heterocycles. The van der Waals surface area contributed by atoms with Crippen LogP contribution in [0.2, 0.25) is 0 Å². The number of Topliss-reactive ketones (excluding diaryl/α,β-unsaturated/α-hetero) is 1. The molecule has 0 fully saturated rings. The smallest absolute Gasteiger partial charge is 0.302 e. The molecule has 0 heterocycles. The minimum absolute atomic E-state index is 0.0910. The van der Waals surface area contributed by atoms with Crippen LogP contribution in [0.4, 0.5) is 0 Å². The lowest BCUT2D eigenvalue weighted by atomic mass is 10.1. The fraction of sp³-hybridized carbons (Fsp3) is 0.778. The van der Waals surface area contributed by atoms with Crippen LogP contribution in [0, 0.1) is 0 Å². The summed E-state index contributed by atoms with van der Waals surface area (Å²) in [5.41, 5.74) is 0. The summed E-state index contributed by atoms with van der Waals surface area (Å²) in [5.74, 6) is -0.251. The molecule has 0 amide bonds. The van der Waals surface area contributed by atoms with Crippen molar-refractivity contribution in [2.24, 2.45) is 0 Å². The van der Waals surface area contributed by atoms with Gasteiger partial charge in [-0.25, -0.2) is 0 Å². The van der Waals surface area contributed by atoms with E-state index in [1.165, 1.54) is 21.0 Å². The maximum Gasteiger partial charge on any atom is 0.302 e. The van der Waals surface area contributed by atoms with Crippen molar-refractivity contribution in [3.8, 4) is 0 Å². The first-order valence-electron chi connectivity index (χ1n) is 4.22. The van der Waals surface area contributed by atoms with Gasteiger partial charge in [-0.05, 0) is 13.3 Å². The predicted molar refractivity (Wildman–Crippen MR) is 47.3 cm³/mol. The Balaban J connectivity index is 3.79. The summed E-state index contributed by atoms with van der Waals surface area (Å²) in [6, 6.07) is 0. The molecule has 0 spiro atoms. The van der Waals surface area contributed by atoms with Gasteiger partial charge in [0.25, 0.3) is 0 Å². The van der Waals surface area contributed by atoms with Crippen molar-refractivity contribution in [2.45, 2.75) is 32.8 Å². The van der Waals surface area contributed by atoms with E-state index in [2.05, 4.69) is 0 Å². The van der Waals surface area contributed by atoms with Crippen LogP contribution in [0.3, 0.4) is 0 Å². The van der Waals surface area contributed by atoms with Crippen molar-refractivity contribution in [3.63, 3.8) is 0 Å². The minimum Gasteiger partial charge on any atom is -0.460 e. The van der Waals surface area contributed by atoms with Crippen LogP contribution in [0.15, 0.2) is 0 Å². The molecule has 0 aliphatic carbocycles. The Bertz CT molecular complexity index is 176. The fourth-order valence-corrected chi connectivity index (χ4v) is 0.961. The molecule has 0 aromatic heterocycles. The zero-order valence-corrected chi connectivity index (χ0v) is 8.33. The number of methoxy groups -OCH3 is 1. The van der Waals surface area contributed by atoms with Crippen LogP contribution >= 0.6 is 0 Å². The van der Waals surface area contributed by atoms with Gasteiger partial charge in [-0.3, -0.25) is 4.79 Å². The number of hydrogen-bond acceptors (Lipinski definition) is 4. The van der Waals surface area contributed by atoms with E-state index in [0.29, 0.717) is 19.4 Å². The molecular weight excluding hydrogens is 172 g/mol. The average Bonchev–Trinajstić information content (AvgIpc) is 1.99. The number of ether oxygens (including phenoxy) is 2. The lowest BCUT2D eigenvalue weighted by molar-refractivity contribution is -0.149. The Hall–Kier alpha value is -0.900. The van der Waals surface area contributed by atoms with E-state index in [0.717, 1.165) is 0 Å². The number of ketones is 1. The van der Waals surface area contributed by atoms with Gasteiger partial charge in [-0.1, -0.05) is 0 Å². The van der Waals surface area contributed by atoms with Crippen molar-refractivity contribution in [1.82, 2.24) is 0 Å². The summed E-state index contributed by atoms with van der Waals surface area (Å²) in [4.78, 5) is 21.3. The number of carbonyl (C=O) groups is 2. The third-order valence-corrected chi connectivity index (χ3v) is 1.50. The molecule has 4 heteroatoms. The third-order valence-electron chi connectivity index (χ3n) is 1.50. The molecule has 0 aliphatic heterocycles. The number of carbonyl (C=O) groups excluding carboxylic acids is 2. The van der Waals surface area contributed by atoms with Gasteiger partial charge in [0.15, 0.2) is 0 Å². The van der Waals surface area contributed by atoms with Crippen molar-refractivity contribution < 1.29 is 19.1 Å². The summed E-state index contributed by atoms with van der Waals surface area (Å²) >= 11 is 0. The fourth-order valence-electron chi connectivity index (χ4n) is 0.961. The van der Waals surface area contributed by atoms with Crippen LogP contribution in [-0.2, 0) is 19.1 Å². The molecule has 1 unspecified atom stereocenters. The zero-order chi connectivity index (χ0) is 10.3. The summed E-state index contributed by atoms with van der Waals surface area (Å²) in [7, 11) is 1.53. The van der Waals surface area contributed by atoms with E-state index in [9.17, 15) is 9.59 Å². The lowest BCUT2D eigenvalue weighted by Crippen LogP contribution is -2.22. The largest absolute Gasteiger partial charge is 0.460 e. The monoisotopic (exact) mass is 188 g/mol. The lowest BCUT2D eigenvalue weighted by Gasteiger charge is -2.14. The van der Waals surface area contributed by atoms with Crippen LogP contribution < -0.4 is 0 Å². The molecule has 0 rings (SSSR count). The van der Waals surface area contributed by atoms with E-state index < -0.39 is 0 Å². The molecule has 0 aromatic rings. The van der Waals surface area contributed by atoms with Gasteiger partial charge in [0.05, 0.1) is 6.61 Å². The number of rotatable bonds is 6. The second-order valence-electron chi connectivity index (χ2n) is 2.93. The van der Waals surface area contributed by atoms with Gasteiger partial charge in [-0.2, -0.15) is 0 Å². The van der Waals surface area contributed by atoms with E-state index in [1.54, 1.807) is 0 Å². The standard InChI is InChI=1S/C9H16O4/c1-7(10)4-5-9(6-12-3)13-8(2)11/h9H,4-6H2,1-3H3. The molecule has 0 saturated carbocycles.